The topological polar surface area (TPSA) is 32.3 Å². The molecule has 19 heavy (non-hydrogen) atoms. The Hall–Kier alpha value is -0.910. The van der Waals surface area contributed by atoms with Crippen molar-refractivity contribution < 1.29 is 13.6 Å². The van der Waals surface area contributed by atoms with Gasteiger partial charge in [-0.25, -0.2) is 8.78 Å². The molecule has 1 aliphatic rings. The monoisotopic (exact) mass is 310 g/mol. The van der Waals surface area contributed by atoms with Crippen molar-refractivity contribution in [3.05, 3.63) is 34.4 Å². The summed E-state index contributed by atoms with van der Waals surface area (Å²) in [5, 5.41) is 2.73. The highest BCUT2D eigenvalue weighted by Gasteiger charge is 2.28. The first-order valence-electron chi connectivity index (χ1n) is 5.64. The van der Waals surface area contributed by atoms with Crippen molar-refractivity contribution in [3.8, 4) is 0 Å². The van der Waals surface area contributed by atoms with Gasteiger partial charge in [0.2, 0.25) is 0 Å². The van der Waals surface area contributed by atoms with Crippen molar-refractivity contribution in [1.29, 1.82) is 0 Å². The maximum Gasteiger partial charge on any atom is 0.256 e. The van der Waals surface area contributed by atoms with Crippen LogP contribution in [0.4, 0.5) is 8.78 Å². The van der Waals surface area contributed by atoms with E-state index in [1.165, 1.54) is 4.90 Å². The Bertz CT molecular complexity index is 485. The van der Waals surface area contributed by atoms with E-state index in [2.05, 4.69) is 5.32 Å². The number of hydrogen-bond donors (Lipinski definition) is 1. The van der Waals surface area contributed by atoms with Gasteiger partial charge in [0.25, 0.3) is 5.91 Å². The van der Waals surface area contributed by atoms with Crippen LogP contribution in [0.2, 0.25) is 5.02 Å². The Morgan fingerprint density at radius 1 is 1.42 bits per heavy atom. The van der Waals surface area contributed by atoms with Crippen LogP contribution in [-0.2, 0) is 0 Å². The molecule has 0 spiro atoms. The van der Waals surface area contributed by atoms with Crippen LogP contribution in [-0.4, -0.2) is 37.0 Å². The number of hydrogen-bond acceptors (Lipinski definition) is 2. The van der Waals surface area contributed by atoms with Crippen LogP contribution in [0.5, 0.6) is 0 Å². The number of carbonyl (C=O) groups is 1. The lowest BCUT2D eigenvalue weighted by Gasteiger charge is -2.17. The standard InChI is InChI=1S/C12H13ClF2N2O.ClH/c1-16-7-2-3-17(6-7)12(18)8-4-11(15)9(13)5-10(8)14;/h4-5,7,16H,2-3,6H2,1H3;1H. The predicted molar refractivity (Wildman–Crippen MR) is 72.0 cm³/mol. The van der Waals surface area contributed by atoms with Crippen LogP contribution in [0.25, 0.3) is 0 Å². The smallest absolute Gasteiger partial charge is 0.256 e. The zero-order chi connectivity index (χ0) is 13.3. The first-order chi connectivity index (χ1) is 8.52. The van der Waals surface area contributed by atoms with E-state index in [4.69, 9.17) is 11.6 Å². The number of nitrogens with zero attached hydrogens (tertiary/aromatic N) is 1. The molecular weight excluding hydrogens is 297 g/mol. The van der Waals surface area contributed by atoms with E-state index in [1.54, 1.807) is 7.05 Å². The van der Waals surface area contributed by atoms with Gasteiger partial charge >= 0.3 is 0 Å². The van der Waals surface area contributed by atoms with Gasteiger partial charge in [0.1, 0.15) is 11.6 Å². The molecule has 1 aliphatic heterocycles. The maximum absolute atomic E-state index is 13.6. The van der Waals surface area contributed by atoms with Crippen molar-refractivity contribution in [2.45, 2.75) is 12.5 Å². The Balaban J connectivity index is 0.00000180. The molecule has 1 atom stereocenters. The molecule has 2 rings (SSSR count). The first-order valence-corrected chi connectivity index (χ1v) is 6.01. The van der Waals surface area contributed by atoms with Crippen molar-refractivity contribution in [2.75, 3.05) is 20.1 Å². The van der Waals surface area contributed by atoms with E-state index in [0.717, 1.165) is 18.6 Å². The molecule has 0 aliphatic carbocycles. The Morgan fingerprint density at radius 2 is 2.11 bits per heavy atom. The minimum atomic E-state index is -0.792. The normalized spacial score (nSPS) is 18.3. The van der Waals surface area contributed by atoms with Gasteiger partial charge in [0, 0.05) is 19.1 Å². The van der Waals surface area contributed by atoms with Gasteiger partial charge in [-0.05, 0) is 25.6 Å². The Labute approximate surface area is 121 Å². The molecule has 3 nitrogen and oxygen atoms in total. The summed E-state index contributed by atoms with van der Waals surface area (Å²) in [6, 6.07) is 1.89. The van der Waals surface area contributed by atoms with Crippen LogP contribution in [0.1, 0.15) is 16.8 Å². The van der Waals surface area contributed by atoms with Crippen LogP contribution in [0, 0.1) is 11.6 Å². The fourth-order valence-corrected chi connectivity index (χ4v) is 2.19. The molecule has 0 bridgehead atoms. The number of amides is 1. The highest BCUT2D eigenvalue weighted by atomic mass is 35.5. The lowest BCUT2D eigenvalue weighted by Crippen LogP contribution is -2.33. The summed E-state index contributed by atoms with van der Waals surface area (Å²) in [6.07, 6.45) is 0.805. The van der Waals surface area contributed by atoms with Gasteiger partial charge in [-0.3, -0.25) is 4.79 Å². The van der Waals surface area contributed by atoms with Crippen LogP contribution in [0.3, 0.4) is 0 Å². The minimum Gasteiger partial charge on any atom is -0.337 e. The van der Waals surface area contributed by atoms with Crippen LogP contribution in [0.15, 0.2) is 12.1 Å². The zero-order valence-corrected chi connectivity index (χ0v) is 11.8. The van der Waals surface area contributed by atoms with E-state index in [-0.39, 0.29) is 29.0 Å². The predicted octanol–water partition coefficient (Wildman–Crippen LogP) is 2.47. The summed E-state index contributed by atoms with van der Waals surface area (Å²) in [4.78, 5) is 13.5. The summed E-state index contributed by atoms with van der Waals surface area (Å²) in [5.74, 6) is -2.08. The number of rotatable bonds is 2. The second-order valence-electron chi connectivity index (χ2n) is 4.27. The van der Waals surface area contributed by atoms with E-state index < -0.39 is 17.5 Å². The van der Waals surface area contributed by atoms with Crippen LogP contribution < -0.4 is 5.32 Å². The second kappa shape index (κ2) is 6.50. The van der Waals surface area contributed by atoms with Crippen molar-refractivity contribution >= 4 is 29.9 Å². The minimum absolute atomic E-state index is 0. The van der Waals surface area contributed by atoms with Crippen molar-refractivity contribution in [2.24, 2.45) is 0 Å². The molecule has 0 saturated carbocycles. The third kappa shape index (κ3) is 3.35. The molecule has 0 aromatic heterocycles. The quantitative estimate of drug-likeness (QED) is 0.851. The third-order valence-corrected chi connectivity index (χ3v) is 3.41. The molecule has 1 unspecified atom stereocenters. The Kier molecular flexibility index (Phi) is 5.52. The molecule has 7 heteroatoms. The highest BCUT2D eigenvalue weighted by Crippen LogP contribution is 2.22. The van der Waals surface area contributed by atoms with E-state index in [1.807, 2.05) is 0 Å². The van der Waals surface area contributed by atoms with Gasteiger partial charge in [0.15, 0.2) is 0 Å². The lowest BCUT2D eigenvalue weighted by molar-refractivity contribution is 0.0784. The summed E-state index contributed by atoms with van der Waals surface area (Å²) in [6.45, 7) is 1.03. The number of carbonyl (C=O) groups excluding carboxylic acids is 1. The Morgan fingerprint density at radius 3 is 2.68 bits per heavy atom. The lowest BCUT2D eigenvalue weighted by atomic mass is 10.2. The molecule has 1 amide bonds. The highest BCUT2D eigenvalue weighted by molar-refractivity contribution is 6.30. The molecule has 1 saturated heterocycles. The average Bonchev–Trinajstić information content (AvgIpc) is 2.81. The molecule has 1 aromatic carbocycles. The summed E-state index contributed by atoms with van der Waals surface area (Å²) in [5.41, 5.74) is -0.270. The van der Waals surface area contributed by atoms with Gasteiger partial charge in [0.05, 0.1) is 10.6 Å². The molecule has 1 fully saturated rings. The molecule has 0 radical (unpaired) electrons. The largest absolute Gasteiger partial charge is 0.337 e. The van der Waals surface area contributed by atoms with Crippen LogP contribution >= 0.6 is 24.0 Å². The van der Waals surface area contributed by atoms with Gasteiger partial charge < -0.3 is 10.2 Å². The number of likely N-dealkylation sites (N-methyl/N-ethyl adjacent to an activating group) is 1. The van der Waals surface area contributed by atoms with Gasteiger partial charge in [-0.1, -0.05) is 11.6 Å². The van der Waals surface area contributed by atoms with E-state index in [0.29, 0.717) is 13.1 Å². The summed E-state index contributed by atoms with van der Waals surface area (Å²) >= 11 is 5.45. The zero-order valence-electron chi connectivity index (χ0n) is 10.3. The van der Waals surface area contributed by atoms with E-state index in [9.17, 15) is 13.6 Å². The number of halogens is 4. The van der Waals surface area contributed by atoms with Gasteiger partial charge in [-0.15, -0.1) is 12.4 Å². The average molecular weight is 311 g/mol. The number of likely N-dealkylation sites (tertiary alicyclic amines) is 1. The van der Waals surface area contributed by atoms with Crippen molar-refractivity contribution in [3.63, 3.8) is 0 Å². The van der Waals surface area contributed by atoms with Crippen molar-refractivity contribution in [1.82, 2.24) is 10.2 Å². The first kappa shape index (κ1) is 16.1. The molecule has 106 valence electrons. The molecule has 1 heterocycles. The molecular formula is C12H14Cl2F2N2O. The fraction of sp³-hybridized carbons (Fsp3) is 0.417. The SMILES string of the molecule is CNC1CCN(C(=O)c2cc(F)c(Cl)cc2F)C1.Cl. The van der Waals surface area contributed by atoms with E-state index >= 15 is 0 Å². The van der Waals surface area contributed by atoms with Gasteiger partial charge in [-0.2, -0.15) is 0 Å². The molecule has 1 aromatic rings. The third-order valence-electron chi connectivity index (χ3n) is 3.12. The number of benzene rings is 1. The summed E-state index contributed by atoms with van der Waals surface area (Å²) in [7, 11) is 1.81. The summed E-state index contributed by atoms with van der Waals surface area (Å²) < 4.78 is 26.9. The fourth-order valence-electron chi connectivity index (χ4n) is 2.04. The maximum atomic E-state index is 13.6. The number of nitrogens with one attached hydrogen (secondary N) is 1. The molecule has 1 N–H and O–H groups in total. The second-order valence-corrected chi connectivity index (χ2v) is 4.68.